The summed E-state index contributed by atoms with van der Waals surface area (Å²) in [5, 5.41) is 1.47. The standard InChI is InChI=1S/C20H24N6O3/c1-13-4-3-6-24(13)19(27)14-10-16-18(21-12-14)25(8-9-29-16)15-5-7-26-17(11-15)22-23(2)20(26)28/h5,7,10-13,17,22H,3-4,6,8-9H2,1-2H3/t13-,17?/m0/s1. The van der Waals surface area contributed by atoms with Gasteiger partial charge in [-0.15, -0.1) is 0 Å². The average molecular weight is 396 g/mol. The molecule has 0 aromatic carbocycles. The number of nitrogens with one attached hydrogen (secondary N) is 1. The molecule has 0 spiro atoms. The summed E-state index contributed by atoms with van der Waals surface area (Å²) in [6, 6.07) is 1.96. The molecule has 9 heteroatoms. The van der Waals surface area contributed by atoms with Crippen molar-refractivity contribution < 1.29 is 14.3 Å². The number of pyridine rings is 1. The monoisotopic (exact) mass is 396 g/mol. The van der Waals surface area contributed by atoms with Gasteiger partial charge in [0.1, 0.15) is 12.8 Å². The summed E-state index contributed by atoms with van der Waals surface area (Å²) in [7, 11) is 1.70. The molecule has 9 nitrogen and oxygen atoms in total. The van der Waals surface area contributed by atoms with Crippen molar-refractivity contribution in [3.8, 4) is 5.75 Å². The number of urea groups is 1. The number of hydrogen-bond acceptors (Lipinski definition) is 6. The van der Waals surface area contributed by atoms with Gasteiger partial charge in [-0.1, -0.05) is 0 Å². The fourth-order valence-electron chi connectivity index (χ4n) is 4.30. The number of ether oxygens (including phenoxy) is 1. The van der Waals surface area contributed by atoms with Gasteiger partial charge in [0.25, 0.3) is 5.91 Å². The molecule has 2 atom stereocenters. The van der Waals surface area contributed by atoms with Crippen LogP contribution in [0.4, 0.5) is 10.6 Å². The number of nitrogens with zero attached hydrogens (tertiary/aromatic N) is 5. The highest BCUT2D eigenvalue weighted by Gasteiger charge is 2.35. The van der Waals surface area contributed by atoms with E-state index in [4.69, 9.17) is 4.74 Å². The number of fused-ring (bicyclic) bond motifs is 2. The molecule has 0 saturated carbocycles. The Bertz CT molecular complexity index is 929. The Hall–Kier alpha value is -3.07. The zero-order valence-corrected chi connectivity index (χ0v) is 16.5. The van der Waals surface area contributed by atoms with Gasteiger partial charge in [-0.25, -0.2) is 15.2 Å². The normalized spacial score (nSPS) is 25.7. The number of likely N-dealkylation sites (tertiary alicyclic amines) is 1. The number of hydrazine groups is 1. The smallest absolute Gasteiger partial charge is 0.339 e. The predicted octanol–water partition coefficient (Wildman–Crippen LogP) is 1.51. The minimum atomic E-state index is -0.226. The van der Waals surface area contributed by atoms with Gasteiger partial charge in [-0.3, -0.25) is 14.7 Å². The second-order valence-corrected chi connectivity index (χ2v) is 7.77. The Morgan fingerprint density at radius 1 is 1.34 bits per heavy atom. The lowest BCUT2D eigenvalue weighted by Crippen LogP contribution is -2.39. The van der Waals surface area contributed by atoms with Crippen molar-refractivity contribution in [2.45, 2.75) is 32.0 Å². The summed E-state index contributed by atoms with van der Waals surface area (Å²) in [5.41, 5.74) is 4.61. The maximum absolute atomic E-state index is 12.9. The Balaban J connectivity index is 1.41. The fourth-order valence-corrected chi connectivity index (χ4v) is 4.30. The van der Waals surface area contributed by atoms with Crippen molar-refractivity contribution in [3.63, 3.8) is 0 Å². The van der Waals surface area contributed by atoms with Gasteiger partial charge < -0.3 is 14.5 Å². The van der Waals surface area contributed by atoms with Crippen molar-refractivity contribution in [1.82, 2.24) is 25.2 Å². The van der Waals surface area contributed by atoms with Crippen LogP contribution in [0, 0.1) is 0 Å². The molecule has 2 saturated heterocycles. The van der Waals surface area contributed by atoms with Crippen molar-refractivity contribution >= 4 is 17.8 Å². The lowest BCUT2D eigenvalue weighted by Gasteiger charge is -2.33. The highest BCUT2D eigenvalue weighted by Crippen LogP contribution is 2.35. The van der Waals surface area contributed by atoms with Crippen LogP contribution in [-0.4, -0.2) is 70.7 Å². The molecule has 4 aliphatic rings. The third-order valence-corrected chi connectivity index (χ3v) is 5.90. The van der Waals surface area contributed by atoms with Crippen LogP contribution >= 0.6 is 0 Å². The van der Waals surface area contributed by atoms with Crippen LogP contribution in [0.25, 0.3) is 0 Å². The first-order valence-electron chi connectivity index (χ1n) is 9.96. The predicted molar refractivity (Wildman–Crippen MR) is 106 cm³/mol. The Labute approximate surface area is 169 Å². The minimum absolute atomic E-state index is 0.00940. The van der Waals surface area contributed by atoms with Crippen molar-refractivity contribution in [2.75, 3.05) is 31.6 Å². The number of carbonyl (C=O) groups is 2. The topological polar surface area (TPSA) is 81.3 Å². The molecular formula is C20H24N6O3. The number of hydrogen-bond donors (Lipinski definition) is 1. The lowest BCUT2D eigenvalue weighted by molar-refractivity contribution is 0.0746. The van der Waals surface area contributed by atoms with Crippen molar-refractivity contribution in [3.05, 3.63) is 41.9 Å². The summed E-state index contributed by atoms with van der Waals surface area (Å²) in [6.45, 7) is 4.01. The van der Waals surface area contributed by atoms with Crippen LogP contribution < -0.4 is 15.1 Å². The zero-order chi connectivity index (χ0) is 20.1. The number of anilines is 1. The molecule has 3 amide bonds. The number of aromatic nitrogens is 1. The molecular weight excluding hydrogens is 372 g/mol. The Kier molecular flexibility index (Phi) is 4.20. The molecule has 0 radical (unpaired) electrons. The summed E-state index contributed by atoms with van der Waals surface area (Å²) in [6.07, 6.45) is 9.16. The molecule has 1 aromatic rings. The first-order chi connectivity index (χ1) is 14.0. The van der Waals surface area contributed by atoms with E-state index in [0.29, 0.717) is 30.3 Å². The van der Waals surface area contributed by atoms with E-state index in [2.05, 4.69) is 22.2 Å². The van der Waals surface area contributed by atoms with E-state index in [9.17, 15) is 9.59 Å². The Morgan fingerprint density at radius 3 is 3.00 bits per heavy atom. The number of allylic oxidation sites excluding steroid dienone is 1. The first-order valence-corrected chi connectivity index (χ1v) is 9.96. The van der Waals surface area contributed by atoms with Crippen molar-refractivity contribution in [2.24, 2.45) is 0 Å². The number of carbonyl (C=O) groups excluding carboxylic acids is 2. The highest BCUT2D eigenvalue weighted by atomic mass is 16.5. The van der Waals surface area contributed by atoms with E-state index in [0.717, 1.165) is 25.1 Å². The fraction of sp³-hybridized carbons (Fsp3) is 0.450. The van der Waals surface area contributed by atoms with E-state index >= 15 is 0 Å². The molecule has 4 aliphatic heterocycles. The zero-order valence-electron chi connectivity index (χ0n) is 16.5. The summed E-state index contributed by atoms with van der Waals surface area (Å²) < 4.78 is 5.83. The third kappa shape index (κ3) is 2.93. The van der Waals surface area contributed by atoms with Crippen LogP contribution in [0.5, 0.6) is 5.75 Å². The second kappa shape index (κ2) is 6.77. The number of rotatable bonds is 2. The lowest BCUT2D eigenvalue weighted by atomic mass is 10.1. The van der Waals surface area contributed by atoms with Crippen LogP contribution in [0.3, 0.4) is 0 Å². The molecule has 29 heavy (non-hydrogen) atoms. The maximum Gasteiger partial charge on any atom is 0.339 e. The van der Waals surface area contributed by atoms with E-state index in [1.54, 1.807) is 30.4 Å². The van der Waals surface area contributed by atoms with E-state index in [1.807, 2.05) is 17.1 Å². The van der Waals surface area contributed by atoms with E-state index < -0.39 is 0 Å². The third-order valence-electron chi connectivity index (χ3n) is 5.90. The van der Waals surface area contributed by atoms with Crippen LogP contribution in [0.2, 0.25) is 0 Å². The van der Waals surface area contributed by atoms with Gasteiger partial charge in [0, 0.05) is 37.7 Å². The maximum atomic E-state index is 12.9. The molecule has 152 valence electrons. The quantitative estimate of drug-likeness (QED) is 0.816. The van der Waals surface area contributed by atoms with Gasteiger partial charge in [-0.05, 0) is 38.0 Å². The minimum Gasteiger partial charge on any atom is -0.488 e. The Morgan fingerprint density at radius 2 is 2.21 bits per heavy atom. The summed E-state index contributed by atoms with van der Waals surface area (Å²) >= 11 is 0. The molecule has 5 rings (SSSR count). The summed E-state index contributed by atoms with van der Waals surface area (Å²) in [5.74, 6) is 1.30. The second-order valence-electron chi connectivity index (χ2n) is 7.77. The summed E-state index contributed by atoms with van der Waals surface area (Å²) in [4.78, 5) is 35.1. The molecule has 5 heterocycles. The van der Waals surface area contributed by atoms with Crippen molar-refractivity contribution in [1.29, 1.82) is 0 Å². The van der Waals surface area contributed by atoms with E-state index in [1.165, 1.54) is 5.01 Å². The molecule has 1 N–H and O–H groups in total. The average Bonchev–Trinajstić information content (AvgIpc) is 3.29. The molecule has 1 aromatic heterocycles. The first kappa shape index (κ1) is 18.0. The van der Waals surface area contributed by atoms with Crippen LogP contribution in [0.1, 0.15) is 30.1 Å². The molecule has 2 fully saturated rings. The van der Waals surface area contributed by atoms with Gasteiger partial charge in [-0.2, -0.15) is 0 Å². The van der Waals surface area contributed by atoms with Gasteiger partial charge >= 0.3 is 6.03 Å². The van der Waals surface area contributed by atoms with E-state index in [-0.39, 0.29) is 24.1 Å². The number of amides is 3. The van der Waals surface area contributed by atoms with Gasteiger partial charge in [0.15, 0.2) is 11.6 Å². The van der Waals surface area contributed by atoms with Gasteiger partial charge in [0.05, 0.1) is 12.1 Å². The molecule has 0 aliphatic carbocycles. The molecule has 1 unspecified atom stereocenters. The largest absolute Gasteiger partial charge is 0.488 e. The highest BCUT2D eigenvalue weighted by molar-refractivity contribution is 5.95. The van der Waals surface area contributed by atoms with Crippen LogP contribution in [-0.2, 0) is 0 Å². The molecule has 0 bridgehead atoms. The van der Waals surface area contributed by atoms with Crippen LogP contribution in [0.15, 0.2) is 36.3 Å². The van der Waals surface area contributed by atoms with Gasteiger partial charge in [0.2, 0.25) is 0 Å². The SMILES string of the molecule is C[C@H]1CCCN1C(=O)c1cnc2c(c1)OCCN2C1=CC2NN(C)C(=O)N2C=C1.